The van der Waals surface area contributed by atoms with Gasteiger partial charge in [0, 0.05) is 13.5 Å². The molecule has 21 heavy (non-hydrogen) atoms. The number of nitriles is 1. The van der Waals surface area contributed by atoms with E-state index < -0.39 is 5.54 Å². The highest BCUT2D eigenvalue weighted by atomic mass is 16.5. The zero-order chi connectivity index (χ0) is 15.1. The minimum atomic E-state index is -0.405. The number of ether oxygens (including phenoxy) is 2. The van der Waals surface area contributed by atoms with Crippen molar-refractivity contribution in [2.75, 3.05) is 20.3 Å². The van der Waals surface area contributed by atoms with Crippen molar-refractivity contribution in [2.45, 2.75) is 44.2 Å². The summed E-state index contributed by atoms with van der Waals surface area (Å²) in [7, 11) is 1.71. The van der Waals surface area contributed by atoms with Crippen LogP contribution in [0.25, 0.3) is 0 Å². The highest BCUT2D eigenvalue weighted by Gasteiger charge is 2.39. The topological polar surface area (TPSA) is 54.3 Å². The fraction of sp³-hybridized carbons (Fsp3) is 0.588. The molecule has 0 radical (unpaired) electrons. The van der Waals surface area contributed by atoms with Crippen molar-refractivity contribution in [3.05, 3.63) is 29.8 Å². The molecule has 1 aliphatic carbocycles. The molecule has 114 valence electrons. The van der Waals surface area contributed by atoms with Crippen molar-refractivity contribution in [3.63, 3.8) is 0 Å². The molecule has 0 heterocycles. The predicted molar refractivity (Wildman–Crippen MR) is 82.3 cm³/mol. The minimum absolute atomic E-state index is 0.119. The Hall–Kier alpha value is -1.57. The first-order valence-corrected chi connectivity index (χ1v) is 7.62. The van der Waals surface area contributed by atoms with E-state index in [2.05, 4.69) is 23.5 Å². The van der Waals surface area contributed by atoms with E-state index in [0.29, 0.717) is 0 Å². The van der Waals surface area contributed by atoms with Crippen LogP contribution in [0.3, 0.4) is 0 Å². The Morgan fingerprint density at radius 2 is 2.14 bits per heavy atom. The fourth-order valence-electron chi connectivity index (χ4n) is 2.89. The lowest BCUT2D eigenvalue weighted by Gasteiger charge is -2.22. The van der Waals surface area contributed by atoms with Crippen molar-refractivity contribution in [1.29, 1.82) is 5.26 Å². The van der Waals surface area contributed by atoms with Gasteiger partial charge in [0.05, 0.1) is 12.7 Å². The summed E-state index contributed by atoms with van der Waals surface area (Å²) in [5.74, 6) is 0.881. The van der Waals surface area contributed by atoms with E-state index >= 15 is 0 Å². The molecule has 0 spiro atoms. The fourth-order valence-corrected chi connectivity index (χ4v) is 2.89. The SMILES string of the molecule is CCNC1(C#N)CCC(Oc2ccc(CCOC)cc2)C1. The lowest BCUT2D eigenvalue weighted by molar-refractivity contribution is 0.199. The van der Waals surface area contributed by atoms with Crippen LogP contribution in [0.2, 0.25) is 0 Å². The van der Waals surface area contributed by atoms with Gasteiger partial charge in [-0.05, 0) is 43.5 Å². The molecule has 2 rings (SSSR count). The number of rotatable bonds is 7. The van der Waals surface area contributed by atoms with Crippen LogP contribution in [-0.2, 0) is 11.2 Å². The van der Waals surface area contributed by atoms with Gasteiger partial charge in [-0.25, -0.2) is 0 Å². The number of nitrogens with zero attached hydrogens (tertiary/aromatic N) is 1. The second-order valence-electron chi connectivity index (χ2n) is 5.59. The van der Waals surface area contributed by atoms with Crippen LogP contribution in [0.1, 0.15) is 31.7 Å². The molecule has 4 heteroatoms. The van der Waals surface area contributed by atoms with E-state index in [4.69, 9.17) is 9.47 Å². The van der Waals surface area contributed by atoms with E-state index in [1.54, 1.807) is 7.11 Å². The molecule has 2 unspecified atom stereocenters. The first-order valence-electron chi connectivity index (χ1n) is 7.62. The maximum atomic E-state index is 9.37. The van der Waals surface area contributed by atoms with Gasteiger partial charge in [0.2, 0.25) is 0 Å². The number of hydrogen-bond acceptors (Lipinski definition) is 4. The smallest absolute Gasteiger partial charge is 0.119 e. The van der Waals surface area contributed by atoms with Crippen molar-refractivity contribution in [3.8, 4) is 11.8 Å². The highest BCUT2D eigenvalue weighted by Crippen LogP contribution is 2.32. The Bertz CT molecular complexity index is 481. The van der Waals surface area contributed by atoms with Crippen LogP contribution in [0.5, 0.6) is 5.75 Å². The molecule has 1 saturated carbocycles. The molecule has 0 amide bonds. The normalized spacial score (nSPS) is 24.7. The molecule has 4 nitrogen and oxygen atoms in total. The van der Waals surface area contributed by atoms with Gasteiger partial charge in [-0.2, -0.15) is 5.26 Å². The third-order valence-corrected chi connectivity index (χ3v) is 4.02. The number of benzene rings is 1. The van der Waals surface area contributed by atoms with Crippen LogP contribution in [0.15, 0.2) is 24.3 Å². The summed E-state index contributed by atoms with van der Waals surface area (Å²) < 4.78 is 11.1. The third kappa shape index (κ3) is 4.20. The molecule has 0 aromatic heterocycles. The van der Waals surface area contributed by atoms with E-state index in [1.807, 2.05) is 19.1 Å². The van der Waals surface area contributed by atoms with Gasteiger partial charge in [0.1, 0.15) is 17.4 Å². The summed E-state index contributed by atoms with van der Waals surface area (Å²) in [6.45, 7) is 3.58. The lowest BCUT2D eigenvalue weighted by atomic mass is 10.00. The molecule has 1 aromatic carbocycles. The molecule has 0 bridgehead atoms. The Morgan fingerprint density at radius 3 is 2.76 bits per heavy atom. The van der Waals surface area contributed by atoms with Crippen molar-refractivity contribution < 1.29 is 9.47 Å². The summed E-state index contributed by atoms with van der Waals surface area (Å²) in [6, 6.07) is 10.6. The maximum Gasteiger partial charge on any atom is 0.119 e. The number of nitrogens with one attached hydrogen (secondary N) is 1. The average molecular weight is 288 g/mol. The van der Waals surface area contributed by atoms with Crippen molar-refractivity contribution >= 4 is 0 Å². The zero-order valence-corrected chi connectivity index (χ0v) is 12.9. The van der Waals surface area contributed by atoms with E-state index in [9.17, 15) is 5.26 Å². The molecule has 1 aromatic rings. The Labute approximate surface area is 127 Å². The van der Waals surface area contributed by atoms with Gasteiger partial charge in [0.15, 0.2) is 0 Å². The largest absolute Gasteiger partial charge is 0.490 e. The predicted octanol–water partition coefficient (Wildman–Crippen LogP) is 2.68. The Balaban J connectivity index is 1.89. The van der Waals surface area contributed by atoms with Crippen LogP contribution < -0.4 is 10.1 Å². The first-order chi connectivity index (χ1) is 10.2. The zero-order valence-electron chi connectivity index (χ0n) is 12.9. The van der Waals surface area contributed by atoms with E-state index in [-0.39, 0.29) is 6.10 Å². The van der Waals surface area contributed by atoms with Crippen molar-refractivity contribution in [2.24, 2.45) is 0 Å². The van der Waals surface area contributed by atoms with Crippen LogP contribution in [0, 0.1) is 11.3 Å². The number of methoxy groups -OCH3 is 1. The summed E-state index contributed by atoms with van der Waals surface area (Å²) in [6.07, 6.45) is 3.56. The highest BCUT2D eigenvalue weighted by molar-refractivity contribution is 5.28. The molecule has 1 fully saturated rings. The quantitative estimate of drug-likeness (QED) is 0.838. The Morgan fingerprint density at radius 1 is 1.38 bits per heavy atom. The van der Waals surface area contributed by atoms with Crippen molar-refractivity contribution in [1.82, 2.24) is 5.32 Å². The van der Waals surface area contributed by atoms with Gasteiger partial charge >= 0.3 is 0 Å². The van der Waals surface area contributed by atoms with Gasteiger partial charge < -0.3 is 9.47 Å². The lowest BCUT2D eigenvalue weighted by Crippen LogP contribution is -2.42. The minimum Gasteiger partial charge on any atom is -0.490 e. The second kappa shape index (κ2) is 7.44. The molecule has 2 atom stereocenters. The molecule has 1 aliphatic rings. The van der Waals surface area contributed by atoms with E-state index in [0.717, 1.165) is 44.6 Å². The summed E-state index contributed by atoms with van der Waals surface area (Å²) >= 11 is 0. The molecule has 0 aliphatic heterocycles. The van der Waals surface area contributed by atoms with Crippen LogP contribution in [-0.4, -0.2) is 31.9 Å². The van der Waals surface area contributed by atoms with Crippen LogP contribution >= 0.6 is 0 Å². The average Bonchev–Trinajstić information content (AvgIpc) is 2.90. The molecular formula is C17H24N2O2. The van der Waals surface area contributed by atoms with Gasteiger partial charge in [-0.1, -0.05) is 19.1 Å². The summed E-state index contributed by atoms with van der Waals surface area (Å²) in [4.78, 5) is 0. The molecular weight excluding hydrogens is 264 g/mol. The molecule has 0 saturated heterocycles. The Kier molecular flexibility index (Phi) is 5.60. The third-order valence-electron chi connectivity index (χ3n) is 4.02. The second-order valence-corrected chi connectivity index (χ2v) is 5.59. The van der Waals surface area contributed by atoms with Gasteiger partial charge in [-0.15, -0.1) is 0 Å². The van der Waals surface area contributed by atoms with E-state index in [1.165, 1.54) is 5.56 Å². The van der Waals surface area contributed by atoms with Gasteiger partial charge in [-0.3, -0.25) is 5.32 Å². The van der Waals surface area contributed by atoms with Crippen LogP contribution in [0.4, 0.5) is 0 Å². The first kappa shape index (κ1) is 15.8. The monoisotopic (exact) mass is 288 g/mol. The maximum absolute atomic E-state index is 9.37. The van der Waals surface area contributed by atoms with Gasteiger partial charge in [0.25, 0.3) is 0 Å². The molecule has 1 N–H and O–H groups in total. The number of hydrogen-bond donors (Lipinski definition) is 1. The summed E-state index contributed by atoms with van der Waals surface area (Å²) in [5.41, 5.74) is 0.840. The summed E-state index contributed by atoms with van der Waals surface area (Å²) in [5, 5.41) is 12.7. The standard InChI is InChI=1S/C17H24N2O2/c1-3-19-17(13-18)10-8-16(12-17)21-15-6-4-14(5-7-15)9-11-20-2/h4-7,16,19H,3,8-12H2,1-2H3.